The van der Waals surface area contributed by atoms with Crippen LogP contribution in [0.5, 0.6) is 0 Å². The Kier molecular flexibility index (Phi) is 3.68. The van der Waals surface area contributed by atoms with Crippen LogP contribution in [-0.4, -0.2) is 12.6 Å². The van der Waals surface area contributed by atoms with Crippen LogP contribution in [0.1, 0.15) is 24.1 Å². The van der Waals surface area contributed by atoms with Gasteiger partial charge < -0.3 is 10.6 Å². The van der Waals surface area contributed by atoms with Gasteiger partial charge in [0.1, 0.15) is 0 Å². The molecular formula is C17H19ClN2. The molecule has 1 aliphatic rings. The Hall–Kier alpha value is -1.51. The fourth-order valence-corrected chi connectivity index (χ4v) is 3.31. The third-order valence-corrected chi connectivity index (χ3v) is 4.18. The van der Waals surface area contributed by atoms with Gasteiger partial charge in [-0.1, -0.05) is 41.9 Å². The molecule has 20 heavy (non-hydrogen) atoms. The second-order valence-corrected chi connectivity index (χ2v) is 5.87. The molecule has 0 bridgehead atoms. The van der Waals surface area contributed by atoms with Gasteiger partial charge in [-0.2, -0.15) is 0 Å². The maximum Gasteiger partial charge on any atom is 0.0691 e. The van der Waals surface area contributed by atoms with E-state index in [2.05, 4.69) is 42.2 Å². The molecule has 0 amide bonds. The van der Waals surface area contributed by atoms with Crippen molar-refractivity contribution in [2.45, 2.75) is 25.4 Å². The molecule has 0 radical (unpaired) electrons. The van der Waals surface area contributed by atoms with Crippen molar-refractivity contribution in [2.24, 2.45) is 5.73 Å². The van der Waals surface area contributed by atoms with Crippen molar-refractivity contribution in [3.05, 3.63) is 64.7 Å². The highest BCUT2D eigenvalue weighted by molar-refractivity contribution is 6.30. The van der Waals surface area contributed by atoms with Crippen molar-refractivity contribution < 1.29 is 0 Å². The number of hydrogen-bond acceptors (Lipinski definition) is 2. The van der Waals surface area contributed by atoms with E-state index in [-0.39, 0.29) is 12.1 Å². The largest absolute Gasteiger partial charge is 0.362 e. The van der Waals surface area contributed by atoms with E-state index >= 15 is 0 Å². The first-order valence-corrected chi connectivity index (χ1v) is 7.40. The molecule has 2 unspecified atom stereocenters. The number of benzene rings is 2. The van der Waals surface area contributed by atoms with Crippen molar-refractivity contribution in [1.82, 2.24) is 0 Å². The smallest absolute Gasteiger partial charge is 0.0691 e. The summed E-state index contributed by atoms with van der Waals surface area (Å²) in [4.78, 5) is 2.41. The van der Waals surface area contributed by atoms with Crippen LogP contribution >= 0.6 is 11.6 Å². The van der Waals surface area contributed by atoms with Gasteiger partial charge in [0.15, 0.2) is 0 Å². The zero-order valence-electron chi connectivity index (χ0n) is 11.6. The quantitative estimate of drug-likeness (QED) is 0.930. The Morgan fingerprint density at radius 2 is 1.95 bits per heavy atom. The summed E-state index contributed by atoms with van der Waals surface area (Å²) in [5.41, 5.74) is 10.2. The predicted octanol–water partition coefficient (Wildman–Crippen LogP) is 3.79. The molecule has 0 saturated heterocycles. The predicted molar refractivity (Wildman–Crippen MR) is 85.3 cm³/mol. The highest BCUT2D eigenvalue weighted by Gasteiger charge is 2.29. The summed E-state index contributed by atoms with van der Waals surface area (Å²) in [6, 6.07) is 16.8. The fourth-order valence-electron chi connectivity index (χ4n) is 3.11. The molecule has 2 N–H and O–H groups in total. The second kappa shape index (κ2) is 5.47. The average molecular weight is 287 g/mol. The molecular weight excluding hydrogens is 268 g/mol. The van der Waals surface area contributed by atoms with E-state index < -0.39 is 0 Å². The Bertz CT molecular complexity index is 609. The third-order valence-electron chi connectivity index (χ3n) is 3.95. The molecule has 0 fully saturated rings. The summed E-state index contributed by atoms with van der Waals surface area (Å²) < 4.78 is 0. The summed E-state index contributed by atoms with van der Waals surface area (Å²) in [6.45, 7) is 3.07. The maximum atomic E-state index is 6.27. The third kappa shape index (κ3) is 2.41. The number of hydrogen-bond donors (Lipinski definition) is 1. The summed E-state index contributed by atoms with van der Waals surface area (Å²) in [5.74, 6) is 0. The van der Waals surface area contributed by atoms with Gasteiger partial charge in [-0.05, 0) is 42.7 Å². The Balaban J connectivity index is 2.01. The first-order chi connectivity index (χ1) is 9.66. The zero-order chi connectivity index (χ0) is 14.1. The molecule has 0 spiro atoms. The minimum absolute atomic E-state index is 0.0413. The highest BCUT2D eigenvalue weighted by atomic mass is 35.5. The van der Waals surface area contributed by atoms with E-state index in [0.29, 0.717) is 0 Å². The Morgan fingerprint density at radius 3 is 2.70 bits per heavy atom. The lowest BCUT2D eigenvalue weighted by molar-refractivity contribution is 0.542. The minimum atomic E-state index is 0.0413. The number of nitrogens with zero attached hydrogens (tertiary/aromatic N) is 1. The van der Waals surface area contributed by atoms with E-state index in [1.165, 1.54) is 16.8 Å². The van der Waals surface area contributed by atoms with E-state index in [9.17, 15) is 0 Å². The van der Waals surface area contributed by atoms with Crippen molar-refractivity contribution in [1.29, 1.82) is 0 Å². The molecule has 2 aromatic carbocycles. The Morgan fingerprint density at radius 1 is 1.15 bits per heavy atom. The van der Waals surface area contributed by atoms with Gasteiger partial charge in [-0.3, -0.25) is 0 Å². The second-order valence-electron chi connectivity index (χ2n) is 5.43. The van der Waals surface area contributed by atoms with Gasteiger partial charge in [0, 0.05) is 23.3 Å². The summed E-state index contributed by atoms with van der Waals surface area (Å²) >= 11 is 6.14. The summed E-state index contributed by atoms with van der Waals surface area (Å²) in [5, 5.41) is 0.764. The van der Waals surface area contributed by atoms with Gasteiger partial charge in [0.2, 0.25) is 0 Å². The van der Waals surface area contributed by atoms with Crippen LogP contribution < -0.4 is 10.6 Å². The zero-order valence-corrected chi connectivity index (χ0v) is 12.3. The first-order valence-electron chi connectivity index (χ1n) is 7.02. The molecule has 1 heterocycles. The van der Waals surface area contributed by atoms with Crippen LogP contribution in [0.15, 0.2) is 48.5 Å². The van der Waals surface area contributed by atoms with Crippen LogP contribution in [0.2, 0.25) is 5.02 Å². The summed E-state index contributed by atoms with van der Waals surface area (Å²) in [7, 11) is 0. The molecule has 0 aromatic heterocycles. The van der Waals surface area contributed by atoms with E-state index in [1.54, 1.807) is 0 Å². The lowest BCUT2D eigenvalue weighted by Crippen LogP contribution is -2.38. The van der Waals surface area contributed by atoms with Crippen molar-refractivity contribution in [2.75, 3.05) is 11.4 Å². The van der Waals surface area contributed by atoms with E-state index in [0.717, 1.165) is 18.0 Å². The molecule has 0 saturated carbocycles. The first kappa shape index (κ1) is 13.5. The van der Waals surface area contributed by atoms with Crippen molar-refractivity contribution >= 4 is 17.3 Å². The van der Waals surface area contributed by atoms with Crippen LogP contribution in [-0.2, 0) is 6.42 Å². The summed E-state index contributed by atoms with van der Waals surface area (Å²) in [6.07, 6.45) is 1.08. The molecule has 3 heteroatoms. The lowest BCUT2D eigenvalue weighted by Gasteiger charge is -2.33. The van der Waals surface area contributed by atoms with Crippen LogP contribution in [0.3, 0.4) is 0 Å². The average Bonchev–Trinajstić information content (AvgIpc) is 2.83. The number of rotatable bonds is 3. The monoisotopic (exact) mass is 286 g/mol. The Labute approximate surface area is 125 Å². The maximum absolute atomic E-state index is 6.27. The SMILES string of the molecule is CC(N)C(c1cccc(Cl)c1)N1CCc2ccccc21. The standard InChI is InChI=1S/C17H19ClN2/c1-12(19)17(14-6-4-7-15(18)11-14)20-10-9-13-5-2-3-8-16(13)20/h2-8,11-12,17H,9-10,19H2,1H3. The van der Waals surface area contributed by atoms with Gasteiger partial charge in [0.25, 0.3) is 0 Å². The molecule has 2 aromatic rings. The van der Waals surface area contributed by atoms with Gasteiger partial charge >= 0.3 is 0 Å². The number of halogens is 1. The topological polar surface area (TPSA) is 29.3 Å². The van der Waals surface area contributed by atoms with E-state index in [4.69, 9.17) is 17.3 Å². The number of fused-ring (bicyclic) bond motifs is 1. The number of para-hydroxylation sites is 1. The van der Waals surface area contributed by atoms with Crippen LogP contribution in [0.25, 0.3) is 0 Å². The van der Waals surface area contributed by atoms with Gasteiger partial charge in [-0.25, -0.2) is 0 Å². The normalized spacial score (nSPS) is 16.9. The van der Waals surface area contributed by atoms with Gasteiger partial charge in [-0.15, -0.1) is 0 Å². The van der Waals surface area contributed by atoms with Gasteiger partial charge in [0.05, 0.1) is 6.04 Å². The number of nitrogens with two attached hydrogens (primary N) is 1. The highest BCUT2D eigenvalue weighted by Crippen LogP contribution is 2.36. The minimum Gasteiger partial charge on any atom is -0.362 e. The van der Waals surface area contributed by atoms with Crippen LogP contribution in [0, 0.1) is 0 Å². The molecule has 2 atom stereocenters. The molecule has 0 aliphatic carbocycles. The number of anilines is 1. The fraction of sp³-hybridized carbons (Fsp3) is 0.294. The van der Waals surface area contributed by atoms with Crippen molar-refractivity contribution in [3.63, 3.8) is 0 Å². The molecule has 104 valence electrons. The van der Waals surface area contributed by atoms with E-state index in [1.807, 2.05) is 18.2 Å². The molecule has 2 nitrogen and oxygen atoms in total. The molecule has 3 rings (SSSR count). The lowest BCUT2D eigenvalue weighted by atomic mass is 9.99. The molecule has 1 aliphatic heterocycles. The van der Waals surface area contributed by atoms with Crippen LogP contribution in [0.4, 0.5) is 5.69 Å². The van der Waals surface area contributed by atoms with Crippen molar-refractivity contribution in [3.8, 4) is 0 Å².